The number of hydrogen-bond acceptors (Lipinski definition) is 5. The Labute approximate surface area is 128 Å². The SMILES string of the molecule is COc1ccc(S(=O)(=O)NC(C)c2cccs2)cc1OC. The van der Waals surface area contributed by atoms with Crippen LogP contribution in [0.2, 0.25) is 0 Å². The molecule has 1 atom stereocenters. The lowest BCUT2D eigenvalue weighted by Crippen LogP contribution is -2.26. The second-order valence-corrected chi connectivity index (χ2v) is 7.07. The van der Waals surface area contributed by atoms with Gasteiger partial charge in [0.05, 0.1) is 25.2 Å². The summed E-state index contributed by atoms with van der Waals surface area (Å²) in [6.07, 6.45) is 0. The third-order valence-electron chi connectivity index (χ3n) is 2.97. The number of sulfonamides is 1. The molecule has 5 nitrogen and oxygen atoms in total. The van der Waals surface area contributed by atoms with Gasteiger partial charge in [0, 0.05) is 10.9 Å². The largest absolute Gasteiger partial charge is 0.493 e. The minimum atomic E-state index is -3.62. The van der Waals surface area contributed by atoms with Crippen LogP contribution in [0.1, 0.15) is 17.8 Å². The van der Waals surface area contributed by atoms with Crippen LogP contribution in [0, 0.1) is 0 Å². The van der Waals surface area contributed by atoms with Crippen LogP contribution in [0.5, 0.6) is 11.5 Å². The van der Waals surface area contributed by atoms with Crippen molar-refractivity contribution >= 4 is 21.4 Å². The maximum atomic E-state index is 12.4. The van der Waals surface area contributed by atoms with Gasteiger partial charge in [0.25, 0.3) is 0 Å². The van der Waals surface area contributed by atoms with E-state index in [1.165, 1.54) is 37.7 Å². The Hall–Kier alpha value is -1.57. The van der Waals surface area contributed by atoms with E-state index in [4.69, 9.17) is 9.47 Å². The van der Waals surface area contributed by atoms with Crippen LogP contribution >= 0.6 is 11.3 Å². The molecule has 21 heavy (non-hydrogen) atoms. The summed E-state index contributed by atoms with van der Waals surface area (Å²) in [6.45, 7) is 1.81. The van der Waals surface area contributed by atoms with E-state index in [0.29, 0.717) is 11.5 Å². The van der Waals surface area contributed by atoms with E-state index < -0.39 is 10.0 Å². The molecule has 1 aromatic heterocycles. The molecule has 1 aromatic carbocycles. The number of benzene rings is 1. The van der Waals surface area contributed by atoms with Crippen molar-refractivity contribution in [3.63, 3.8) is 0 Å². The zero-order valence-electron chi connectivity index (χ0n) is 12.0. The predicted octanol–water partition coefficient (Wildman–Crippen LogP) is 2.80. The molecule has 2 aromatic rings. The second-order valence-electron chi connectivity index (χ2n) is 4.38. The van der Waals surface area contributed by atoms with Gasteiger partial charge in [-0.15, -0.1) is 11.3 Å². The Morgan fingerprint density at radius 3 is 2.43 bits per heavy atom. The maximum Gasteiger partial charge on any atom is 0.241 e. The Morgan fingerprint density at radius 2 is 1.86 bits per heavy atom. The van der Waals surface area contributed by atoms with Crippen LogP contribution in [0.15, 0.2) is 40.6 Å². The molecule has 0 saturated carbocycles. The smallest absolute Gasteiger partial charge is 0.241 e. The zero-order chi connectivity index (χ0) is 15.5. The lowest BCUT2D eigenvalue weighted by atomic mass is 10.3. The first-order valence-electron chi connectivity index (χ1n) is 6.25. The van der Waals surface area contributed by atoms with Gasteiger partial charge in [0.2, 0.25) is 10.0 Å². The fraction of sp³-hybridized carbons (Fsp3) is 0.286. The van der Waals surface area contributed by atoms with Gasteiger partial charge in [0.1, 0.15) is 0 Å². The summed E-state index contributed by atoms with van der Waals surface area (Å²) in [5, 5.41) is 1.91. The fourth-order valence-electron chi connectivity index (χ4n) is 1.88. The molecule has 7 heteroatoms. The summed E-state index contributed by atoms with van der Waals surface area (Å²) >= 11 is 1.51. The first-order valence-corrected chi connectivity index (χ1v) is 8.62. The van der Waals surface area contributed by atoms with Crippen molar-refractivity contribution < 1.29 is 17.9 Å². The number of nitrogens with one attached hydrogen (secondary N) is 1. The van der Waals surface area contributed by atoms with E-state index in [0.717, 1.165) is 4.88 Å². The van der Waals surface area contributed by atoms with E-state index in [9.17, 15) is 8.42 Å². The molecule has 2 rings (SSSR count). The number of ether oxygens (including phenoxy) is 2. The van der Waals surface area contributed by atoms with Crippen LogP contribution in [0.4, 0.5) is 0 Å². The topological polar surface area (TPSA) is 64.6 Å². The molecule has 0 saturated heterocycles. The first kappa shape index (κ1) is 15.8. The molecule has 0 spiro atoms. The van der Waals surface area contributed by atoms with Gasteiger partial charge in [-0.25, -0.2) is 13.1 Å². The Morgan fingerprint density at radius 1 is 1.14 bits per heavy atom. The molecule has 1 heterocycles. The molecule has 0 aliphatic carbocycles. The zero-order valence-corrected chi connectivity index (χ0v) is 13.6. The fourth-order valence-corrected chi connectivity index (χ4v) is 3.93. The lowest BCUT2D eigenvalue weighted by Gasteiger charge is -2.14. The van der Waals surface area contributed by atoms with Gasteiger partial charge >= 0.3 is 0 Å². The van der Waals surface area contributed by atoms with Crippen LogP contribution in [-0.2, 0) is 10.0 Å². The number of thiophene rings is 1. The summed E-state index contributed by atoms with van der Waals surface area (Å²) in [5.41, 5.74) is 0. The third kappa shape index (κ3) is 3.55. The van der Waals surface area contributed by atoms with Gasteiger partial charge in [-0.3, -0.25) is 0 Å². The number of hydrogen-bond donors (Lipinski definition) is 1. The van der Waals surface area contributed by atoms with Crippen LogP contribution in [0.25, 0.3) is 0 Å². The van der Waals surface area contributed by atoms with Gasteiger partial charge in [-0.2, -0.15) is 0 Å². The summed E-state index contributed by atoms with van der Waals surface area (Å²) in [6, 6.07) is 8.01. The van der Waals surface area contributed by atoms with Crippen LogP contribution < -0.4 is 14.2 Å². The van der Waals surface area contributed by atoms with E-state index in [-0.39, 0.29) is 10.9 Å². The van der Waals surface area contributed by atoms with Gasteiger partial charge in [-0.05, 0) is 30.5 Å². The predicted molar refractivity (Wildman–Crippen MR) is 82.6 cm³/mol. The second kappa shape index (κ2) is 6.46. The van der Waals surface area contributed by atoms with Crippen molar-refractivity contribution in [3.8, 4) is 11.5 Å². The lowest BCUT2D eigenvalue weighted by molar-refractivity contribution is 0.354. The maximum absolute atomic E-state index is 12.4. The number of methoxy groups -OCH3 is 2. The van der Waals surface area contributed by atoms with Crippen molar-refractivity contribution in [2.75, 3.05) is 14.2 Å². The van der Waals surface area contributed by atoms with E-state index >= 15 is 0 Å². The summed E-state index contributed by atoms with van der Waals surface area (Å²) in [7, 11) is -0.651. The van der Waals surface area contributed by atoms with Crippen molar-refractivity contribution in [1.82, 2.24) is 4.72 Å². The highest BCUT2D eigenvalue weighted by Crippen LogP contribution is 2.30. The quantitative estimate of drug-likeness (QED) is 0.886. The molecular weight excluding hydrogens is 310 g/mol. The van der Waals surface area contributed by atoms with E-state index in [1.54, 1.807) is 6.07 Å². The minimum Gasteiger partial charge on any atom is -0.493 e. The van der Waals surface area contributed by atoms with Gasteiger partial charge in [-0.1, -0.05) is 6.07 Å². The molecule has 0 fully saturated rings. The molecule has 0 aliphatic rings. The molecule has 0 aliphatic heterocycles. The molecular formula is C14H17NO4S2. The Kier molecular flexibility index (Phi) is 4.87. The average Bonchev–Trinajstić information content (AvgIpc) is 3.00. The van der Waals surface area contributed by atoms with Crippen LogP contribution in [0.3, 0.4) is 0 Å². The Balaban J connectivity index is 2.27. The molecule has 0 radical (unpaired) electrons. The molecule has 0 bridgehead atoms. The highest BCUT2D eigenvalue weighted by molar-refractivity contribution is 7.89. The molecule has 114 valence electrons. The van der Waals surface area contributed by atoms with E-state index in [1.807, 2.05) is 24.4 Å². The molecule has 1 unspecified atom stereocenters. The third-order valence-corrected chi connectivity index (χ3v) is 5.56. The summed E-state index contributed by atoms with van der Waals surface area (Å²) in [5.74, 6) is 0.868. The van der Waals surface area contributed by atoms with Crippen molar-refractivity contribution in [2.45, 2.75) is 17.9 Å². The standard InChI is InChI=1S/C14H17NO4S2/c1-10(14-5-4-8-20-14)15-21(16,17)11-6-7-12(18-2)13(9-11)19-3/h4-10,15H,1-3H3. The van der Waals surface area contributed by atoms with Crippen LogP contribution in [-0.4, -0.2) is 22.6 Å². The summed E-state index contributed by atoms with van der Waals surface area (Å²) < 4.78 is 37.7. The van der Waals surface area contributed by atoms with Gasteiger partial charge in [0.15, 0.2) is 11.5 Å². The van der Waals surface area contributed by atoms with E-state index in [2.05, 4.69) is 4.72 Å². The highest BCUT2D eigenvalue weighted by atomic mass is 32.2. The Bertz CT molecular complexity index is 696. The first-order chi connectivity index (χ1) is 9.97. The highest BCUT2D eigenvalue weighted by Gasteiger charge is 2.20. The summed E-state index contributed by atoms with van der Waals surface area (Å²) in [4.78, 5) is 1.10. The van der Waals surface area contributed by atoms with Crippen molar-refractivity contribution in [1.29, 1.82) is 0 Å². The normalized spacial score (nSPS) is 12.9. The molecule has 0 amide bonds. The molecule has 1 N–H and O–H groups in total. The average molecular weight is 327 g/mol. The van der Waals surface area contributed by atoms with Crippen molar-refractivity contribution in [2.24, 2.45) is 0 Å². The minimum absolute atomic E-state index is 0.142. The monoisotopic (exact) mass is 327 g/mol. The number of rotatable bonds is 6. The van der Waals surface area contributed by atoms with Crippen molar-refractivity contribution in [3.05, 3.63) is 40.6 Å². The van der Waals surface area contributed by atoms with Gasteiger partial charge < -0.3 is 9.47 Å².